The minimum Gasteiger partial charge on any atom is -0.381 e. The van der Waals surface area contributed by atoms with Gasteiger partial charge in [0.1, 0.15) is 0 Å². The summed E-state index contributed by atoms with van der Waals surface area (Å²) in [6, 6.07) is 5.80. The summed E-state index contributed by atoms with van der Waals surface area (Å²) in [5.41, 5.74) is 1.87. The molecule has 8 heteroatoms. The van der Waals surface area contributed by atoms with Crippen LogP contribution in [0.3, 0.4) is 0 Å². The number of ether oxygens (including phenoxy) is 1. The SMILES string of the molecule is CN=C(NCCCOCC1CC1)NCCC(=O)Nc1ccc(Br)cc1C.I. The zero-order valence-electron chi connectivity index (χ0n) is 16.0. The lowest BCUT2D eigenvalue weighted by molar-refractivity contribution is -0.116. The van der Waals surface area contributed by atoms with Gasteiger partial charge in [-0.3, -0.25) is 9.79 Å². The average molecular weight is 553 g/mol. The normalized spacial score (nSPS) is 13.7. The van der Waals surface area contributed by atoms with Gasteiger partial charge in [-0.25, -0.2) is 0 Å². The Bertz CT molecular complexity index is 624. The van der Waals surface area contributed by atoms with Crippen LogP contribution in [0.2, 0.25) is 0 Å². The van der Waals surface area contributed by atoms with Crippen molar-refractivity contribution in [3.63, 3.8) is 0 Å². The molecule has 0 aromatic heterocycles. The molecule has 6 nitrogen and oxygen atoms in total. The minimum atomic E-state index is -0.0214. The van der Waals surface area contributed by atoms with E-state index in [1.54, 1.807) is 7.05 Å². The standard InChI is InChI=1S/C19H29BrN4O2.HI/c1-14-12-16(20)6-7-17(14)24-18(25)8-10-23-19(21-2)22-9-3-11-26-13-15-4-5-15;/h6-7,12,15H,3-5,8-11,13H2,1-2H3,(H,24,25)(H2,21,22,23);1H. The van der Waals surface area contributed by atoms with E-state index < -0.39 is 0 Å². The number of nitrogens with zero attached hydrogens (tertiary/aromatic N) is 1. The summed E-state index contributed by atoms with van der Waals surface area (Å²) >= 11 is 3.42. The quantitative estimate of drug-likeness (QED) is 0.179. The van der Waals surface area contributed by atoms with Gasteiger partial charge < -0.3 is 20.7 Å². The van der Waals surface area contributed by atoms with Gasteiger partial charge in [0.2, 0.25) is 5.91 Å². The zero-order chi connectivity index (χ0) is 18.8. The lowest BCUT2D eigenvalue weighted by atomic mass is 10.2. The van der Waals surface area contributed by atoms with Gasteiger partial charge >= 0.3 is 0 Å². The number of benzene rings is 1. The van der Waals surface area contributed by atoms with Gasteiger partial charge in [0.25, 0.3) is 0 Å². The number of aliphatic imine (C=N–C) groups is 1. The van der Waals surface area contributed by atoms with E-state index >= 15 is 0 Å². The van der Waals surface area contributed by atoms with Crippen molar-refractivity contribution in [1.82, 2.24) is 10.6 Å². The Balaban J connectivity index is 0.00000364. The fourth-order valence-electron chi connectivity index (χ4n) is 2.41. The highest BCUT2D eigenvalue weighted by Gasteiger charge is 2.20. The highest BCUT2D eigenvalue weighted by molar-refractivity contribution is 14.0. The van der Waals surface area contributed by atoms with E-state index in [1.165, 1.54) is 12.8 Å². The van der Waals surface area contributed by atoms with Crippen LogP contribution in [0.25, 0.3) is 0 Å². The van der Waals surface area contributed by atoms with Gasteiger partial charge in [-0.15, -0.1) is 24.0 Å². The molecule has 1 aromatic rings. The molecule has 1 aromatic carbocycles. The van der Waals surface area contributed by atoms with Crippen LogP contribution in [-0.4, -0.2) is 45.2 Å². The summed E-state index contributed by atoms with van der Waals surface area (Å²) in [6.45, 7) is 4.97. The van der Waals surface area contributed by atoms with Gasteiger partial charge in [0, 0.05) is 49.9 Å². The maximum Gasteiger partial charge on any atom is 0.226 e. The second-order valence-corrected chi connectivity index (χ2v) is 7.47. The molecular weight excluding hydrogens is 523 g/mol. The van der Waals surface area contributed by atoms with E-state index in [0.717, 1.165) is 47.8 Å². The number of carbonyl (C=O) groups excluding carboxylic acids is 1. The molecule has 1 fully saturated rings. The Labute approximate surface area is 187 Å². The van der Waals surface area contributed by atoms with Crippen molar-refractivity contribution in [1.29, 1.82) is 0 Å². The number of hydrogen-bond acceptors (Lipinski definition) is 3. The number of amides is 1. The first-order chi connectivity index (χ1) is 12.6. The minimum absolute atomic E-state index is 0. The van der Waals surface area contributed by atoms with Crippen LogP contribution in [-0.2, 0) is 9.53 Å². The summed E-state index contributed by atoms with van der Waals surface area (Å²) in [5.74, 6) is 1.50. The molecule has 0 atom stereocenters. The number of rotatable bonds is 10. The predicted octanol–water partition coefficient (Wildman–Crippen LogP) is 3.69. The second kappa shape index (κ2) is 13.3. The first-order valence-corrected chi connectivity index (χ1v) is 9.96. The van der Waals surface area contributed by atoms with Crippen LogP contribution in [0.15, 0.2) is 27.7 Å². The number of guanidine groups is 1. The number of nitrogens with one attached hydrogen (secondary N) is 3. The summed E-state index contributed by atoms with van der Waals surface area (Å²) in [4.78, 5) is 16.2. The van der Waals surface area contributed by atoms with Crippen molar-refractivity contribution in [3.8, 4) is 0 Å². The third-order valence-corrected chi connectivity index (χ3v) is 4.63. The van der Waals surface area contributed by atoms with Crippen LogP contribution >= 0.6 is 39.9 Å². The predicted molar refractivity (Wildman–Crippen MR) is 125 cm³/mol. The molecule has 3 N–H and O–H groups in total. The lowest BCUT2D eigenvalue weighted by Gasteiger charge is -2.12. The third-order valence-electron chi connectivity index (χ3n) is 4.14. The van der Waals surface area contributed by atoms with Crippen molar-refractivity contribution in [2.75, 3.05) is 38.7 Å². The van der Waals surface area contributed by atoms with E-state index in [1.807, 2.05) is 25.1 Å². The molecule has 0 heterocycles. The lowest BCUT2D eigenvalue weighted by Crippen LogP contribution is -2.39. The molecule has 27 heavy (non-hydrogen) atoms. The molecular formula is C19H30BrIN4O2. The molecule has 1 saturated carbocycles. The summed E-state index contributed by atoms with van der Waals surface area (Å²) in [7, 11) is 1.73. The van der Waals surface area contributed by atoms with Crippen molar-refractivity contribution in [2.24, 2.45) is 10.9 Å². The van der Waals surface area contributed by atoms with E-state index in [4.69, 9.17) is 4.74 Å². The van der Waals surface area contributed by atoms with E-state index in [0.29, 0.717) is 18.9 Å². The maximum atomic E-state index is 12.1. The van der Waals surface area contributed by atoms with Gasteiger partial charge in [-0.1, -0.05) is 15.9 Å². The van der Waals surface area contributed by atoms with E-state index in [-0.39, 0.29) is 29.9 Å². The second-order valence-electron chi connectivity index (χ2n) is 6.56. The Morgan fingerprint density at radius 2 is 2.04 bits per heavy atom. The maximum absolute atomic E-state index is 12.1. The molecule has 0 radical (unpaired) electrons. The van der Waals surface area contributed by atoms with Gasteiger partial charge in [0.15, 0.2) is 5.96 Å². The van der Waals surface area contributed by atoms with Crippen LogP contribution in [0.4, 0.5) is 5.69 Å². The zero-order valence-corrected chi connectivity index (χ0v) is 19.9. The smallest absolute Gasteiger partial charge is 0.226 e. The van der Waals surface area contributed by atoms with Crippen LogP contribution < -0.4 is 16.0 Å². The van der Waals surface area contributed by atoms with Crippen LogP contribution in [0.1, 0.15) is 31.2 Å². The van der Waals surface area contributed by atoms with E-state index in [2.05, 4.69) is 36.9 Å². The molecule has 0 unspecified atom stereocenters. The Morgan fingerprint density at radius 1 is 1.30 bits per heavy atom. The fourth-order valence-corrected chi connectivity index (χ4v) is 2.89. The topological polar surface area (TPSA) is 74.8 Å². The molecule has 2 rings (SSSR count). The Morgan fingerprint density at radius 3 is 2.70 bits per heavy atom. The number of anilines is 1. The molecule has 1 aliphatic carbocycles. The summed E-state index contributed by atoms with van der Waals surface area (Å²) in [5, 5.41) is 9.33. The van der Waals surface area contributed by atoms with Gasteiger partial charge in [0.05, 0.1) is 0 Å². The highest BCUT2D eigenvalue weighted by atomic mass is 127. The number of aryl methyl sites for hydroxylation is 1. The van der Waals surface area contributed by atoms with Gasteiger partial charge in [-0.05, 0) is 55.9 Å². The molecule has 1 aliphatic rings. The Hall–Kier alpha value is -0.870. The monoisotopic (exact) mass is 552 g/mol. The molecule has 1 amide bonds. The van der Waals surface area contributed by atoms with Crippen molar-refractivity contribution >= 4 is 57.5 Å². The Kier molecular flexibility index (Phi) is 11.9. The average Bonchev–Trinajstić information content (AvgIpc) is 3.43. The molecule has 0 saturated heterocycles. The fraction of sp³-hybridized carbons (Fsp3) is 0.579. The first-order valence-electron chi connectivity index (χ1n) is 9.16. The molecule has 152 valence electrons. The number of hydrogen-bond donors (Lipinski definition) is 3. The highest BCUT2D eigenvalue weighted by Crippen LogP contribution is 2.28. The van der Waals surface area contributed by atoms with Crippen molar-refractivity contribution < 1.29 is 9.53 Å². The molecule has 0 spiro atoms. The first kappa shape index (κ1) is 24.2. The molecule has 0 bridgehead atoms. The van der Waals surface area contributed by atoms with Crippen molar-refractivity contribution in [2.45, 2.75) is 32.6 Å². The van der Waals surface area contributed by atoms with Gasteiger partial charge in [-0.2, -0.15) is 0 Å². The summed E-state index contributed by atoms with van der Waals surface area (Å²) < 4.78 is 6.61. The summed E-state index contributed by atoms with van der Waals surface area (Å²) in [6.07, 6.45) is 3.96. The number of carbonyl (C=O) groups is 1. The third kappa shape index (κ3) is 10.3. The number of halogens is 2. The van der Waals surface area contributed by atoms with Crippen LogP contribution in [0.5, 0.6) is 0 Å². The van der Waals surface area contributed by atoms with Crippen molar-refractivity contribution in [3.05, 3.63) is 28.2 Å². The molecule has 0 aliphatic heterocycles. The van der Waals surface area contributed by atoms with Crippen LogP contribution in [0, 0.1) is 12.8 Å². The van der Waals surface area contributed by atoms with E-state index in [9.17, 15) is 4.79 Å². The largest absolute Gasteiger partial charge is 0.381 e.